The Balaban J connectivity index is 1.28. The van der Waals surface area contributed by atoms with Crippen molar-refractivity contribution < 1.29 is 9.59 Å². The maximum Gasteiger partial charge on any atom is 0.252 e. The molecule has 2 aliphatic rings. The fraction of sp³-hybridized carbons (Fsp3) is 0.417. The summed E-state index contributed by atoms with van der Waals surface area (Å²) in [6, 6.07) is 11.5. The van der Waals surface area contributed by atoms with E-state index in [1.807, 2.05) is 47.5 Å². The average molecular weight is 418 g/mol. The van der Waals surface area contributed by atoms with Crippen LogP contribution in [0.2, 0.25) is 0 Å². The topological polar surface area (TPSA) is 80.1 Å². The van der Waals surface area contributed by atoms with Crippen LogP contribution in [-0.4, -0.2) is 44.3 Å². The number of piperidine rings is 1. The van der Waals surface area contributed by atoms with Gasteiger partial charge in [-0.15, -0.1) is 0 Å². The summed E-state index contributed by atoms with van der Waals surface area (Å²) in [6.07, 6.45) is 3.87. The monoisotopic (exact) mass is 417 g/mol. The average Bonchev–Trinajstić information content (AvgIpc) is 3.32. The second-order valence-corrected chi connectivity index (χ2v) is 8.77. The summed E-state index contributed by atoms with van der Waals surface area (Å²) in [4.78, 5) is 36.5. The molecule has 0 bridgehead atoms. The van der Waals surface area contributed by atoms with Gasteiger partial charge in [-0.3, -0.25) is 9.59 Å². The van der Waals surface area contributed by atoms with Gasteiger partial charge in [-0.1, -0.05) is 32.0 Å². The predicted molar refractivity (Wildman–Crippen MR) is 118 cm³/mol. The van der Waals surface area contributed by atoms with Crippen molar-refractivity contribution in [1.82, 2.24) is 24.8 Å². The summed E-state index contributed by atoms with van der Waals surface area (Å²) < 4.78 is 2.29. The van der Waals surface area contributed by atoms with E-state index in [2.05, 4.69) is 28.7 Å². The molecule has 0 spiro atoms. The Kier molecular flexibility index (Phi) is 4.96. The van der Waals surface area contributed by atoms with E-state index in [0.717, 1.165) is 35.4 Å². The Bertz CT molecular complexity index is 1140. The molecule has 1 unspecified atom stereocenters. The Morgan fingerprint density at radius 3 is 2.71 bits per heavy atom. The lowest BCUT2D eigenvalue weighted by molar-refractivity contribution is -0.133. The number of benzene rings is 1. The van der Waals surface area contributed by atoms with Crippen LogP contribution in [0.15, 0.2) is 42.6 Å². The van der Waals surface area contributed by atoms with E-state index in [9.17, 15) is 9.59 Å². The Morgan fingerprint density at radius 2 is 1.94 bits per heavy atom. The highest BCUT2D eigenvalue weighted by Gasteiger charge is 2.33. The Morgan fingerprint density at radius 1 is 1.16 bits per heavy atom. The number of amides is 2. The molecule has 0 aliphatic carbocycles. The number of rotatable bonds is 4. The van der Waals surface area contributed by atoms with Crippen LogP contribution in [0.1, 0.15) is 72.9 Å². The molecule has 7 nitrogen and oxygen atoms in total. The van der Waals surface area contributed by atoms with Gasteiger partial charge in [-0.2, -0.15) is 0 Å². The minimum absolute atomic E-state index is 0.0900. The number of pyridine rings is 1. The molecule has 0 radical (unpaired) electrons. The first-order valence-corrected chi connectivity index (χ1v) is 11.0. The van der Waals surface area contributed by atoms with Crippen molar-refractivity contribution in [1.29, 1.82) is 0 Å². The minimum Gasteiger partial charge on any atom is -0.345 e. The van der Waals surface area contributed by atoms with Crippen molar-refractivity contribution in [2.45, 2.75) is 51.1 Å². The molecule has 2 amide bonds. The summed E-state index contributed by atoms with van der Waals surface area (Å²) >= 11 is 0. The number of carbonyl (C=O) groups excluding carboxylic acids is 2. The molecule has 1 atom stereocenters. The third-order valence-corrected chi connectivity index (χ3v) is 6.44. The normalized spacial score (nSPS) is 19.1. The van der Waals surface area contributed by atoms with Crippen LogP contribution in [0.5, 0.6) is 0 Å². The Labute approximate surface area is 181 Å². The molecular weight excluding hydrogens is 390 g/mol. The van der Waals surface area contributed by atoms with Gasteiger partial charge in [0.2, 0.25) is 5.91 Å². The predicted octanol–water partition coefficient (Wildman–Crippen LogP) is 3.59. The van der Waals surface area contributed by atoms with E-state index in [1.165, 1.54) is 0 Å². The molecule has 3 aromatic rings. The minimum atomic E-state index is -0.233. The third-order valence-electron chi connectivity index (χ3n) is 6.44. The van der Waals surface area contributed by atoms with Gasteiger partial charge in [0.05, 0.1) is 12.5 Å². The lowest BCUT2D eigenvalue weighted by Crippen LogP contribution is -2.40. The number of nitrogens with zero attached hydrogens (tertiary/aromatic N) is 4. The lowest BCUT2D eigenvalue weighted by atomic mass is 10.00. The number of aromatic nitrogens is 3. The van der Waals surface area contributed by atoms with Gasteiger partial charge in [0, 0.05) is 36.8 Å². The van der Waals surface area contributed by atoms with Gasteiger partial charge in [-0.25, -0.2) is 9.97 Å². The van der Waals surface area contributed by atoms with Gasteiger partial charge in [0.25, 0.3) is 5.91 Å². The molecule has 31 heavy (non-hydrogen) atoms. The number of nitrogens with one attached hydrogen (secondary N) is 1. The molecule has 0 saturated carbocycles. The molecule has 4 heterocycles. The molecule has 1 saturated heterocycles. The quantitative estimate of drug-likeness (QED) is 0.703. The summed E-state index contributed by atoms with van der Waals surface area (Å²) in [6.45, 7) is 5.72. The molecule has 7 heteroatoms. The van der Waals surface area contributed by atoms with Crippen molar-refractivity contribution in [2.24, 2.45) is 0 Å². The maximum absolute atomic E-state index is 13.0. The first kappa shape index (κ1) is 19.7. The molecule has 1 aromatic carbocycles. The number of fused-ring (bicyclic) bond motifs is 2. The largest absolute Gasteiger partial charge is 0.345 e. The van der Waals surface area contributed by atoms with Gasteiger partial charge in [0.15, 0.2) is 5.65 Å². The van der Waals surface area contributed by atoms with E-state index in [4.69, 9.17) is 4.98 Å². The molecule has 1 N–H and O–H groups in total. The van der Waals surface area contributed by atoms with Crippen LogP contribution < -0.4 is 5.32 Å². The first-order chi connectivity index (χ1) is 15.0. The standard InChI is InChI=1S/C24H27N5O2/c1-15(2)22-26-19-8-5-11-25-23(19)29(22)16-9-12-28(13-10-16)21(30)14-20-17-6-3-4-7-18(17)24(31)27-20/h3-8,11,15-16,20H,9-10,12-14H2,1-2H3,(H,27,31). The molecule has 5 rings (SSSR count). The van der Waals surface area contributed by atoms with Gasteiger partial charge < -0.3 is 14.8 Å². The first-order valence-electron chi connectivity index (χ1n) is 11.0. The van der Waals surface area contributed by atoms with Crippen LogP contribution in [0.4, 0.5) is 0 Å². The summed E-state index contributed by atoms with van der Waals surface area (Å²) in [5.41, 5.74) is 3.47. The molecule has 2 aliphatic heterocycles. The van der Waals surface area contributed by atoms with Crippen molar-refractivity contribution in [3.63, 3.8) is 0 Å². The second-order valence-electron chi connectivity index (χ2n) is 8.77. The van der Waals surface area contributed by atoms with Gasteiger partial charge >= 0.3 is 0 Å². The number of hydrogen-bond acceptors (Lipinski definition) is 4. The highest BCUT2D eigenvalue weighted by atomic mass is 16.2. The number of likely N-dealkylation sites (tertiary alicyclic amines) is 1. The van der Waals surface area contributed by atoms with E-state index in [-0.39, 0.29) is 23.9 Å². The van der Waals surface area contributed by atoms with Crippen LogP contribution >= 0.6 is 0 Å². The molecule has 1 fully saturated rings. The van der Waals surface area contributed by atoms with Crippen LogP contribution in [0, 0.1) is 0 Å². The molecule has 160 valence electrons. The second kappa shape index (κ2) is 7.80. The molecule has 2 aromatic heterocycles. The fourth-order valence-corrected chi connectivity index (χ4v) is 4.87. The Hall–Kier alpha value is -3.22. The summed E-state index contributed by atoms with van der Waals surface area (Å²) in [5.74, 6) is 1.37. The van der Waals surface area contributed by atoms with E-state index < -0.39 is 0 Å². The maximum atomic E-state index is 13.0. The van der Waals surface area contributed by atoms with Crippen LogP contribution in [0.25, 0.3) is 11.2 Å². The van der Waals surface area contributed by atoms with Gasteiger partial charge in [0.1, 0.15) is 11.3 Å². The van der Waals surface area contributed by atoms with E-state index in [1.54, 1.807) is 0 Å². The van der Waals surface area contributed by atoms with Crippen molar-refractivity contribution in [2.75, 3.05) is 13.1 Å². The van der Waals surface area contributed by atoms with Crippen molar-refractivity contribution in [3.8, 4) is 0 Å². The number of carbonyl (C=O) groups is 2. The summed E-state index contributed by atoms with van der Waals surface area (Å²) in [7, 11) is 0. The van der Waals surface area contributed by atoms with Crippen LogP contribution in [0.3, 0.4) is 0 Å². The highest BCUT2D eigenvalue weighted by molar-refractivity contribution is 5.99. The highest BCUT2D eigenvalue weighted by Crippen LogP contribution is 2.32. The third kappa shape index (κ3) is 3.48. The van der Waals surface area contributed by atoms with E-state index >= 15 is 0 Å². The SMILES string of the molecule is CC(C)c1nc2cccnc2n1C1CCN(C(=O)CC2NC(=O)c3ccccc32)CC1. The zero-order valence-electron chi connectivity index (χ0n) is 17.9. The zero-order chi connectivity index (χ0) is 21.5. The number of imidazole rings is 1. The lowest BCUT2D eigenvalue weighted by Gasteiger charge is -2.34. The summed E-state index contributed by atoms with van der Waals surface area (Å²) in [5, 5.41) is 2.95. The fourth-order valence-electron chi connectivity index (χ4n) is 4.87. The molecular formula is C24H27N5O2. The number of hydrogen-bond donors (Lipinski definition) is 1. The van der Waals surface area contributed by atoms with Crippen molar-refractivity contribution >= 4 is 23.0 Å². The van der Waals surface area contributed by atoms with Crippen LogP contribution in [-0.2, 0) is 4.79 Å². The smallest absolute Gasteiger partial charge is 0.252 e. The van der Waals surface area contributed by atoms with E-state index in [0.29, 0.717) is 31.0 Å². The van der Waals surface area contributed by atoms with Crippen molar-refractivity contribution in [3.05, 3.63) is 59.5 Å². The zero-order valence-corrected chi connectivity index (χ0v) is 17.9. The van der Waals surface area contributed by atoms with Gasteiger partial charge in [-0.05, 0) is 36.6 Å².